The van der Waals surface area contributed by atoms with Gasteiger partial charge < -0.3 is 8.98 Å². The minimum Gasteiger partial charge on any atom is -0.464 e. The third-order valence-corrected chi connectivity index (χ3v) is 10.5. The van der Waals surface area contributed by atoms with E-state index in [0.29, 0.717) is 0 Å². The van der Waals surface area contributed by atoms with E-state index in [4.69, 9.17) is 4.42 Å². The Kier molecular flexibility index (Phi) is 5.37. The Morgan fingerprint density at radius 3 is 1.91 bits per heavy atom. The van der Waals surface area contributed by atoms with Gasteiger partial charge in [-0.15, -0.1) is 0 Å². The highest BCUT2D eigenvalue weighted by molar-refractivity contribution is 6.11. The van der Waals surface area contributed by atoms with Crippen LogP contribution >= 0.6 is 0 Å². The second-order valence-electron chi connectivity index (χ2n) is 13.1. The molecule has 0 amide bonds. The zero-order valence-corrected chi connectivity index (χ0v) is 26.3. The third kappa shape index (κ3) is 3.50. The highest BCUT2D eigenvalue weighted by Gasteiger charge is 2.46. The molecule has 2 nitrogen and oxygen atoms in total. The number of furan rings is 1. The minimum absolute atomic E-state index is 0.503. The highest BCUT2D eigenvalue weighted by Crippen LogP contribution is 2.57. The van der Waals surface area contributed by atoms with E-state index < -0.39 is 5.41 Å². The molecule has 2 heterocycles. The lowest BCUT2D eigenvalue weighted by atomic mass is 9.67. The first kappa shape index (κ1) is 26.4. The van der Waals surface area contributed by atoms with Crippen LogP contribution in [0.2, 0.25) is 0 Å². The highest BCUT2D eigenvalue weighted by atomic mass is 16.3. The summed E-state index contributed by atoms with van der Waals surface area (Å²) in [5, 5.41) is 6.18. The molecule has 0 fully saturated rings. The maximum atomic E-state index is 5.93. The maximum absolute atomic E-state index is 5.93. The van der Waals surface area contributed by atoms with Crippen molar-refractivity contribution in [2.24, 2.45) is 0 Å². The van der Waals surface area contributed by atoms with E-state index in [-0.39, 0.29) is 0 Å². The molecule has 2 heteroatoms. The van der Waals surface area contributed by atoms with E-state index in [1.807, 2.05) is 6.26 Å². The van der Waals surface area contributed by atoms with Crippen LogP contribution in [0.5, 0.6) is 0 Å². The summed E-state index contributed by atoms with van der Waals surface area (Å²) in [6.45, 7) is 4.33. The number of fused-ring (bicyclic) bond motifs is 8. The monoisotopic (exact) mass is 601 g/mol. The van der Waals surface area contributed by atoms with Crippen molar-refractivity contribution in [2.75, 3.05) is 0 Å². The zero-order valence-electron chi connectivity index (χ0n) is 26.3. The second kappa shape index (κ2) is 9.57. The van der Waals surface area contributed by atoms with Crippen molar-refractivity contribution in [2.45, 2.75) is 19.3 Å². The number of aromatic nitrogens is 1. The molecule has 0 unspecified atom stereocenters. The van der Waals surface area contributed by atoms with Gasteiger partial charge in [-0.25, -0.2) is 0 Å². The molecule has 0 radical (unpaired) electrons. The van der Waals surface area contributed by atoms with Crippen LogP contribution in [0.15, 0.2) is 156 Å². The van der Waals surface area contributed by atoms with E-state index >= 15 is 0 Å². The summed E-state index contributed by atoms with van der Waals surface area (Å²) >= 11 is 0. The Morgan fingerprint density at radius 1 is 0.511 bits per heavy atom. The number of rotatable bonds is 3. The van der Waals surface area contributed by atoms with Crippen LogP contribution in [0, 0.1) is 13.8 Å². The largest absolute Gasteiger partial charge is 0.464 e. The summed E-state index contributed by atoms with van der Waals surface area (Å²) in [5.74, 6) is 0. The lowest BCUT2D eigenvalue weighted by Gasteiger charge is -2.34. The van der Waals surface area contributed by atoms with Crippen LogP contribution in [-0.2, 0) is 5.41 Å². The first-order valence-corrected chi connectivity index (χ1v) is 16.3. The summed E-state index contributed by atoms with van der Waals surface area (Å²) in [5.41, 5.74) is 14.2. The number of nitrogens with zero attached hydrogens (tertiary/aromatic N) is 1. The molecule has 1 aliphatic rings. The molecule has 0 N–H and O–H groups in total. The van der Waals surface area contributed by atoms with Crippen molar-refractivity contribution in [1.29, 1.82) is 0 Å². The number of hydrogen-bond donors (Lipinski definition) is 0. The van der Waals surface area contributed by atoms with Crippen LogP contribution in [-0.4, -0.2) is 4.57 Å². The average molecular weight is 602 g/mol. The van der Waals surface area contributed by atoms with Gasteiger partial charge in [0.15, 0.2) is 0 Å². The van der Waals surface area contributed by atoms with Gasteiger partial charge in [0.1, 0.15) is 5.58 Å². The molecule has 10 rings (SSSR count). The first-order valence-electron chi connectivity index (χ1n) is 16.3. The zero-order chi connectivity index (χ0) is 31.3. The van der Waals surface area contributed by atoms with Crippen molar-refractivity contribution < 1.29 is 4.42 Å². The van der Waals surface area contributed by atoms with E-state index in [9.17, 15) is 0 Å². The van der Waals surface area contributed by atoms with Gasteiger partial charge in [0, 0.05) is 21.5 Å². The van der Waals surface area contributed by atoms with Gasteiger partial charge in [-0.2, -0.15) is 0 Å². The maximum Gasteiger partial charge on any atom is 0.134 e. The predicted molar refractivity (Wildman–Crippen MR) is 195 cm³/mol. The van der Waals surface area contributed by atoms with Crippen molar-refractivity contribution in [3.05, 3.63) is 185 Å². The summed E-state index contributed by atoms with van der Waals surface area (Å²) in [4.78, 5) is 0. The normalized spacial score (nSPS) is 13.5. The van der Waals surface area contributed by atoms with E-state index in [1.54, 1.807) is 0 Å². The summed E-state index contributed by atoms with van der Waals surface area (Å²) in [6.07, 6.45) is 1.87. The summed E-state index contributed by atoms with van der Waals surface area (Å²) in [6, 6.07) is 54.1. The molecular weight excluding hydrogens is 571 g/mol. The van der Waals surface area contributed by atoms with Crippen LogP contribution in [0.1, 0.15) is 33.4 Å². The fourth-order valence-electron chi connectivity index (χ4n) is 8.45. The second-order valence-corrected chi connectivity index (χ2v) is 13.1. The van der Waals surface area contributed by atoms with Gasteiger partial charge in [-0.1, -0.05) is 109 Å². The van der Waals surface area contributed by atoms with E-state index in [1.165, 1.54) is 77.2 Å². The van der Waals surface area contributed by atoms with Gasteiger partial charge >= 0.3 is 0 Å². The van der Waals surface area contributed by atoms with Crippen LogP contribution in [0.25, 0.3) is 60.4 Å². The average Bonchev–Trinajstić information content (AvgIpc) is 3.75. The number of aryl methyl sites for hydroxylation is 2. The standard InChI is InChI=1S/C45H31NO/c1-28-18-21-42-37(24-28)38-26-31(19-22-43(38)46(42)41-17-9-11-30-10-3-4-12-33(30)41)45(32-20-23-44-36(25-32)29(2)27-47-44)39-15-7-5-13-34(39)35-14-6-8-16-40(35)45/h3-27H,1-2H3. The Bertz CT molecular complexity index is 2670. The molecule has 0 spiro atoms. The van der Waals surface area contributed by atoms with Crippen LogP contribution in [0.3, 0.4) is 0 Å². The van der Waals surface area contributed by atoms with E-state index in [2.05, 4.69) is 164 Å². The van der Waals surface area contributed by atoms with Crippen molar-refractivity contribution in [3.8, 4) is 16.8 Å². The summed E-state index contributed by atoms with van der Waals surface area (Å²) < 4.78 is 8.39. The molecule has 1 aliphatic carbocycles. The van der Waals surface area contributed by atoms with Crippen molar-refractivity contribution in [1.82, 2.24) is 4.57 Å². The Balaban J connectivity index is 1.34. The quantitative estimate of drug-likeness (QED) is 0.197. The topological polar surface area (TPSA) is 18.1 Å². The Hall–Kier alpha value is -5.86. The molecule has 0 saturated carbocycles. The predicted octanol–water partition coefficient (Wildman–Crippen LogP) is 11.7. The Labute approximate surface area is 273 Å². The third-order valence-electron chi connectivity index (χ3n) is 10.5. The lowest BCUT2D eigenvalue weighted by Crippen LogP contribution is -2.28. The smallest absolute Gasteiger partial charge is 0.134 e. The fourth-order valence-corrected chi connectivity index (χ4v) is 8.45. The molecular formula is C45H31NO. The molecule has 0 saturated heterocycles. The molecule has 0 aliphatic heterocycles. The van der Waals surface area contributed by atoms with Gasteiger partial charge in [0.25, 0.3) is 0 Å². The van der Waals surface area contributed by atoms with Crippen molar-refractivity contribution >= 4 is 43.5 Å². The van der Waals surface area contributed by atoms with Crippen molar-refractivity contribution in [3.63, 3.8) is 0 Å². The van der Waals surface area contributed by atoms with Crippen LogP contribution < -0.4 is 0 Å². The van der Waals surface area contributed by atoms with Crippen LogP contribution in [0.4, 0.5) is 0 Å². The van der Waals surface area contributed by atoms with Gasteiger partial charge in [-0.3, -0.25) is 0 Å². The van der Waals surface area contributed by atoms with Gasteiger partial charge in [0.05, 0.1) is 28.4 Å². The fraction of sp³-hybridized carbons (Fsp3) is 0.0667. The molecule has 0 bridgehead atoms. The molecule has 47 heavy (non-hydrogen) atoms. The lowest BCUT2D eigenvalue weighted by molar-refractivity contribution is 0.612. The van der Waals surface area contributed by atoms with Gasteiger partial charge in [0.2, 0.25) is 0 Å². The minimum atomic E-state index is -0.503. The summed E-state index contributed by atoms with van der Waals surface area (Å²) in [7, 11) is 0. The molecule has 9 aromatic rings. The first-order chi connectivity index (χ1) is 23.1. The molecule has 2 aromatic heterocycles. The number of hydrogen-bond acceptors (Lipinski definition) is 1. The van der Waals surface area contributed by atoms with Gasteiger partial charge in [-0.05, 0) is 101 Å². The molecule has 7 aromatic carbocycles. The van der Waals surface area contributed by atoms with E-state index in [0.717, 1.165) is 16.5 Å². The molecule has 0 atom stereocenters. The molecule has 222 valence electrons. The number of benzene rings is 7. The SMILES string of the molecule is Cc1ccc2c(c1)c1cc(C3(c4ccc5occ(C)c5c4)c4ccccc4-c4ccccc43)ccc1n2-c1cccc2ccccc12. The Morgan fingerprint density at radius 2 is 1.13 bits per heavy atom.